The average molecular weight is 241 g/mol. The molecule has 0 saturated carbocycles. The summed E-state index contributed by atoms with van der Waals surface area (Å²) in [6.07, 6.45) is 2.94. The smallest absolute Gasteiger partial charge is 0.139 e. The summed E-state index contributed by atoms with van der Waals surface area (Å²) < 4.78 is 5.56. The van der Waals surface area contributed by atoms with E-state index < -0.39 is 0 Å². The van der Waals surface area contributed by atoms with E-state index in [4.69, 9.17) is 4.74 Å². The summed E-state index contributed by atoms with van der Waals surface area (Å²) in [4.78, 5) is 14.2. The van der Waals surface area contributed by atoms with Crippen LogP contribution in [0.5, 0.6) is 0 Å². The van der Waals surface area contributed by atoms with Gasteiger partial charge in [0.2, 0.25) is 0 Å². The molecule has 100 valence electrons. The molecule has 0 aromatic heterocycles. The predicted molar refractivity (Wildman–Crippen MR) is 70.2 cm³/mol. The van der Waals surface area contributed by atoms with E-state index in [1.54, 1.807) is 7.11 Å². The van der Waals surface area contributed by atoms with Gasteiger partial charge in [-0.3, -0.25) is 4.79 Å². The molecular formula is C14H27NO2. The van der Waals surface area contributed by atoms with Gasteiger partial charge in [0.05, 0.1) is 5.60 Å². The van der Waals surface area contributed by atoms with E-state index in [2.05, 4.69) is 11.8 Å². The molecule has 1 fully saturated rings. The van der Waals surface area contributed by atoms with Gasteiger partial charge in [0.25, 0.3) is 0 Å². The molecule has 0 bridgehead atoms. The molecule has 0 spiro atoms. The summed E-state index contributed by atoms with van der Waals surface area (Å²) in [6.45, 7) is 11.0. The van der Waals surface area contributed by atoms with Gasteiger partial charge in [0, 0.05) is 32.0 Å². The molecule has 1 unspecified atom stereocenters. The Balaban J connectivity index is 2.40. The van der Waals surface area contributed by atoms with Crippen LogP contribution in [0, 0.1) is 5.41 Å². The van der Waals surface area contributed by atoms with Crippen LogP contribution in [0.25, 0.3) is 0 Å². The van der Waals surface area contributed by atoms with Crippen molar-refractivity contribution in [3.63, 3.8) is 0 Å². The van der Waals surface area contributed by atoms with Gasteiger partial charge in [-0.2, -0.15) is 0 Å². The van der Waals surface area contributed by atoms with Gasteiger partial charge < -0.3 is 9.64 Å². The number of ketones is 1. The maximum absolute atomic E-state index is 11.9. The third-order valence-electron chi connectivity index (χ3n) is 3.72. The molecule has 1 heterocycles. The van der Waals surface area contributed by atoms with Crippen LogP contribution in [0.15, 0.2) is 0 Å². The van der Waals surface area contributed by atoms with Crippen molar-refractivity contribution < 1.29 is 9.53 Å². The molecule has 0 amide bonds. The van der Waals surface area contributed by atoms with Gasteiger partial charge in [-0.05, 0) is 26.3 Å². The van der Waals surface area contributed by atoms with Crippen molar-refractivity contribution in [1.29, 1.82) is 0 Å². The molecule has 1 rings (SSSR count). The number of carbonyl (C=O) groups excluding carboxylic acids is 1. The molecule has 0 N–H and O–H groups in total. The molecule has 0 aromatic carbocycles. The maximum Gasteiger partial charge on any atom is 0.139 e. The molecule has 0 radical (unpaired) electrons. The highest BCUT2D eigenvalue weighted by Crippen LogP contribution is 2.24. The number of ether oxygens (including phenoxy) is 1. The quantitative estimate of drug-likeness (QED) is 0.757. The van der Waals surface area contributed by atoms with Crippen LogP contribution in [0.3, 0.4) is 0 Å². The Morgan fingerprint density at radius 2 is 2.06 bits per heavy atom. The fraction of sp³-hybridized carbons (Fsp3) is 0.929. The van der Waals surface area contributed by atoms with Gasteiger partial charge in [0.1, 0.15) is 5.78 Å². The molecular weight excluding hydrogens is 214 g/mol. The molecule has 3 nitrogen and oxygen atoms in total. The number of methoxy groups -OCH3 is 1. The second kappa shape index (κ2) is 5.49. The molecule has 1 aliphatic rings. The molecule has 1 aliphatic heterocycles. The average Bonchev–Trinajstić information content (AvgIpc) is 2.25. The predicted octanol–water partition coefficient (Wildman–Crippen LogP) is 2.49. The van der Waals surface area contributed by atoms with E-state index in [1.165, 1.54) is 0 Å². The zero-order chi connectivity index (χ0) is 13.1. The molecule has 1 saturated heterocycles. The first kappa shape index (κ1) is 14.7. The fourth-order valence-electron chi connectivity index (χ4n) is 2.30. The van der Waals surface area contributed by atoms with Crippen LogP contribution in [0.1, 0.15) is 47.0 Å². The number of hydrogen-bond acceptors (Lipinski definition) is 3. The first-order valence-corrected chi connectivity index (χ1v) is 6.58. The van der Waals surface area contributed by atoms with Crippen molar-refractivity contribution >= 4 is 5.78 Å². The minimum Gasteiger partial charge on any atom is -0.377 e. The lowest BCUT2D eigenvalue weighted by Gasteiger charge is -2.39. The van der Waals surface area contributed by atoms with Crippen molar-refractivity contribution in [2.24, 2.45) is 5.41 Å². The van der Waals surface area contributed by atoms with Crippen molar-refractivity contribution in [3.05, 3.63) is 0 Å². The normalized spacial score (nSPS) is 27.1. The fourth-order valence-corrected chi connectivity index (χ4v) is 2.30. The van der Waals surface area contributed by atoms with Crippen LogP contribution >= 0.6 is 0 Å². The number of likely N-dealkylation sites (tertiary alicyclic amines) is 1. The maximum atomic E-state index is 11.9. The van der Waals surface area contributed by atoms with Crippen LogP contribution < -0.4 is 0 Å². The van der Waals surface area contributed by atoms with Crippen LogP contribution in [-0.2, 0) is 9.53 Å². The standard InChI is InChI=1S/C14H27NO2/c1-13(2,3)12(16)7-10-15-9-6-8-14(4,11-15)17-5/h6-11H2,1-5H3. The Hall–Kier alpha value is -0.410. The Labute approximate surface area is 106 Å². The number of rotatable bonds is 4. The Morgan fingerprint density at radius 3 is 2.59 bits per heavy atom. The van der Waals surface area contributed by atoms with E-state index in [0.717, 1.165) is 32.5 Å². The first-order valence-electron chi connectivity index (χ1n) is 6.58. The SMILES string of the molecule is COC1(C)CCCN(CCC(=O)C(C)(C)C)C1. The number of Topliss-reactive ketones (excluding diaryl/α,β-unsaturated/α-hetero) is 1. The third-order valence-corrected chi connectivity index (χ3v) is 3.72. The summed E-state index contributed by atoms with van der Waals surface area (Å²) in [7, 11) is 1.78. The summed E-state index contributed by atoms with van der Waals surface area (Å²) in [5.41, 5.74) is -0.233. The minimum atomic E-state index is -0.208. The molecule has 17 heavy (non-hydrogen) atoms. The van der Waals surface area contributed by atoms with E-state index in [0.29, 0.717) is 12.2 Å². The number of nitrogens with zero attached hydrogens (tertiary/aromatic N) is 1. The summed E-state index contributed by atoms with van der Waals surface area (Å²) >= 11 is 0. The highest BCUT2D eigenvalue weighted by Gasteiger charge is 2.31. The van der Waals surface area contributed by atoms with Crippen molar-refractivity contribution in [2.75, 3.05) is 26.7 Å². The minimum absolute atomic E-state index is 0.0248. The van der Waals surface area contributed by atoms with Crippen molar-refractivity contribution in [3.8, 4) is 0 Å². The van der Waals surface area contributed by atoms with Crippen LogP contribution in [0.2, 0.25) is 0 Å². The highest BCUT2D eigenvalue weighted by atomic mass is 16.5. The Kier molecular flexibility index (Phi) is 4.73. The topological polar surface area (TPSA) is 29.5 Å². The third kappa shape index (κ3) is 4.40. The summed E-state index contributed by atoms with van der Waals surface area (Å²) in [6, 6.07) is 0. The van der Waals surface area contributed by atoms with E-state index >= 15 is 0 Å². The van der Waals surface area contributed by atoms with Crippen molar-refractivity contribution in [2.45, 2.75) is 52.6 Å². The van der Waals surface area contributed by atoms with Crippen molar-refractivity contribution in [1.82, 2.24) is 4.90 Å². The lowest BCUT2D eigenvalue weighted by molar-refractivity contribution is -0.127. The largest absolute Gasteiger partial charge is 0.377 e. The number of carbonyl (C=O) groups is 1. The monoisotopic (exact) mass is 241 g/mol. The van der Waals surface area contributed by atoms with Crippen LogP contribution in [0.4, 0.5) is 0 Å². The molecule has 0 aliphatic carbocycles. The zero-order valence-electron chi connectivity index (χ0n) is 12.0. The van der Waals surface area contributed by atoms with Gasteiger partial charge in [-0.15, -0.1) is 0 Å². The lowest BCUT2D eigenvalue weighted by atomic mass is 9.88. The van der Waals surface area contributed by atoms with Gasteiger partial charge in [-0.25, -0.2) is 0 Å². The molecule has 1 atom stereocenters. The van der Waals surface area contributed by atoms with Gasteiger partial charge in [0.15, 0.2) is 0 Å². The second-order valence-electron chi connectivity index (χ2n) is 6.46. The molecule has 0 aromatic rings. The van der Waals surface area contributed by atoms with E-state index in [9.17, 15) is 4.79 Å². The van der Waals surface area contributed by atoms with Crippen LogP contribution in [-0.4, -0.2) is 43.0 Å². The van der Waals surface area contributed by atoms with Gasteiger partial charge >= 0.3 is 0 Å². The number of piperidine rings is 1. The molecule has 3 heteroatoms. The highest BCUT2D eigenvalue weighted by molar-refractivity contribution is 5.83. The van der Waals surface area contributed by atoms with E-state index in [-0.39, 0.29) is 11.0 Å². The Bertz CT molecular complexity index is 270. The first-order chi connectivity index (χ1) is 7.77. The lowest BCUT2D eigenvalue weighted by Crippen LogP contribution is -2.48. The Morgan fingerprint density at radius 1 is 1.41 bits per heavy atom. The summed E-state index contributed by atoms with van der Waals surface area (Å²) in [5, 5.41) is 0. The van der Waals surface area contributed by atoms with Gasteiger partial charge in [-0.1, -0.05) is 20.8 Å². The summed E-state index contributed by atoms with van der Waals surface area (Å²) in [5.74, 6) is 0.349. The second-order valence-corrected chi connectivity index (χ2v) is 6.46. The zero-order valence-corrected chi connectivity index (χ0v) is 12.0. The van der Waals surface area contributed by atoms with E-state index in [1.807, 2.05) is 20.8 Å². The number of hydrogen-bond donors (Lipinski definition) is 0.